The number of benzene rings is 1. The molecule has 0 spiro atoms. The summed E-state index contributed by atoms with van der Waals surface area (Å²) >= 11 is 12.2. The molecule has 0 atom stereocenters. The van der Waals surface area contributed by atoms with Crippen LogP contribution in [0.1, 0.15) is 30.1 Å². The van der Waals surface area contributed by atoms with Crippen LogP contribution in [-0.2, 0) is 5.88 Å². The van der Waals surface area contributed by atoms with E-state index in [9.17, 15) is 0 Å². The summed E-state index contributed by atoms with van der Waals surface area (Å²) in [5.41, 5.74) is 2.66. The molecule has 2 nitrogen and oxygen atoms in total. The van der Waals surface area contributed by atoms with E-state index < -0.39 is 0 Å². The number of alkyl halides is 1. The van der Waals surface area contributed by atoms with Crippen LogP contribution in [0.15, 0.2) is 28.8 Å². The van der Waals surface area contributed by atoms with Crippen LogP contribution in [0.2, 0.25) is 5.02 Å². The number of hydrogen-bond donors (Lipinski definition) is 0. The molecule has 4 heteroatoms. The quantitative estimate of drug-likeness (QED) is 0.759. The average molecular weight is 268 g/mol. The fourth-order valence-electron chi connectivity index (χ4n) is 1.98. The van der Waals surface area contributed by atoms with E-state index in [1.54, 1.807) is 0 Å². The molecule has 1 aliphatic carbocycles. The van der Waals surface area contributed by atoms with Crippen molar-refractivity contribution in [3.8, 4) is 11.3 Å². The van der Waals surface area contributed by atoms with Crippen LogP contribution in [-0.4, -0.2) is 5.16 Å². The second-order valence-corrected chi connectivity index (χ2v) is 4.94. The van der Waals surface area contributed by atoms with Crippen molar-refractivity contribution in [2.24, 2.45) is 0 Å². The molecule has 0 N–H and O–H groups in total. The molecule has 1 saturated carbocycles. The predicted octanol–water partition coefficient (Wildman–Crippen LogP) is 4.61. The van der Waals surface area contributed by atoms with Crippen molar-refractivity contribution in [3.63, 3.8) is 0 Å². The van der Waals surface area contributed by atoms with E-state index in [-0.39, 0.29) is 0 Å². The number of halogens is 2. The second-order valence-electron chi connectivity index (χ2n) is 4.26. The molecule has 1 aromatic heterocycles. The molecule has 0 radical (unpaired) electrons. The van der Waals surface area contributed by atoms with Crippen LogP contribution < -0.4 is 0 Å². The highest BCUT2D eigenvalue weighted by molar-refractivity contribution is 6.33. The zero-order valence-corrected chi connectivity index (χ0v) is 10.6. The zero-order chi connectivity index (χ0) is 11.8. The summed E-state index contributed by atoms with van der Waals surface area (Å²) in [7, 11) is 0. The summed E-state index contributed by atoms with van der Waals surface area (Å²) in [4.78, 5) is 0. The molecular formula is C13H11Cl2NO. The van der Waals surface area contributed by atoms with E-state index in [2.05, 4.69) is 5.16 Å². The topological polar surface area (TPSA) is 26.0 Å². The third kappa shape index (κ3) is 1.96. The zero-order valence-electron chi connectivity index (χ0n) is 9.12. The third-order valence-electron chi connectivity index (χ3n) is 3.03. The normalized spacial score (nSPS) is 15.2. The summed E-state index contributed by atoms with van der Waals surface area (Å²) in [6.07, 6.45) is 2.34. The SMILES string of the molecule is ClCc1c(-c2ccccc2Cl)noc1C1CC1. The lowest BCUT2D eigenvalue weighted by Gasteiger charge is -2.01. The van der Waals surface area contributed by atoms with Crippen LogP contribution in [0, 0.1) is 0 Å². The van der Waals surface area contributed by atoms with Crippen molar-refractivity contribution in [2.75, 3.05) is 0 Å². The lowest BCUT2D eigenvalue weighted by Crippen LogP contribution is -1.87. The first-order valence-corrected chi connectivity index (χ1v) is 6.52. The van der Waals surface area contributed by atoms with Gasteiger partial charge in [0.05, 0.1) is 10.9 Å². The predicted molar refractivity (Wildman–Crippen MR) is 68.5 cm³/mol. The first kappa shape index (κ1) is 11.1. The summed E-state index contributed by atoms with van der Waals surface area (Å²) in [5, 5.41) is 4.81. The Labute approximate surface area is 110 Å². The first-order valence-electron chi connectivity index (χ1n) is 5.60. The van der Waals surface area contributed by atoms with E-state index in [1.807, 2.05) is 24.3 Å². The van der Waals surface area contributed by atoms with Crippen LogP contribution in [0.4, 0.5) is 0 Å². The lowest BCUT2D eigenvalue weighted by molar-refractivity contribution is 0.385. The van der Waals surface area contributed by atoms with Crippen molar-refractivity contribution in [1.29, 1.82) is 0 Å². The lowest BCUT2D eigenvalue weighted by atomic mass is 10.1. The van der Waals surface area contributed by atoms with Gasteiger partial charge in [-0.05, 0) is 18.9 Å². The number of nitrogens with zero attached hydrogens (tertiary/aromatic N) is 1. The van der Waals surface area contributed by atoms with Gasteiger partial charge in [-0.25, -0.2) is 0 Å². The Bertz CT molecular complexity index is 546. The van der Waals surface area contributed by atoms with Crippen LogP contribution >= 0.6 is 23.2 Å². The van der Waals surface area contributed by atoms with Gasteiger partial charge < -0.3 is 4.52 Å². The molecule has 17 heavy (non-hydrogen) atoms. The summed E-state index contributed by atoms with van der Waals surface area (Å²) in [6.45, 7) is 0. The van der Waals surface area contributed by atoms with Crippen LogP contribution in [0.5, 0.6) is 0 Å². The summed E-state index contributed by atoms with van der Waals surface area (Å²) in [5.74, 6) is 1.86. The van der Waals surface area contributed by atoms with Crippen LogP contribution in [0.3, 0.4) is 0 Å². The largest absolute Gasteiger partial charge is 0.360 e. The molecule has 1 heterocycles. The fourth-order valence-corrected chi connectivity index (χ4v) is 2.47. The maximum absolute atomic E-state index is 6.17. The standard InChI is InChI=1S/C13H11Cl2NO/c14-7-10-12(9-3-1-2-4-11(9)15)16-17-13(10)8-5-6-8/h1-4,8H,5-7H2. The van der Waals surface area contributed by atoms with Crippen molar-refractivity contribution in [2.45, 2.75) is 24.6 Å². The Balaban J connectivity index is 2.11. The minimum absolute atomic E-state index is 0.413. The molecule has 0 saturated heterocycles. The molecule has 1 aromatic carbocycles. The Kier molecular flexibility index (Phi) is 2.85. The molecular weight excluding hydrogens is 257 g/mol. The van der Waals surface area contributed by atoms with Gasteiger partial charge in [-0.3, -0.25) is 0 Å². The average Bonchev–Trinajstić information content (AvgIpc) is 3.10. The monoisotopic (exact) mass is 267 g/mol. The van der Waals surface area contributed by atoms with Gasteiger partial charge in [0.2, 0.25) is 0 Å². The van der Waals surface area contributed by atoms with Gasteiger partial charge >= 0.3 is 0 Å². The minimum atomic E-state index is 0.413. The molecule has 3 rings (SSSR count). The summed E-state index contributed by atoms with van der Waals surface area (Å²) in [6, 6.07) is 7.62. The Morgan fingerprint density at radius 2 is 2.06 bits per heavy atom. The van der Waals surface area contributed by atoms with Gasteiger partial charge in [-0.15, -0.1) is 11.6 Å². The van der Waals surface area contributed by atoms with Gasteiger partial charge in [0.15, 0.2) is 0 Å². The number of hydrogen-bond acceptors (Lipinski definition) is 2. The number of rotatable bonds is 3. The van der Waals surface area contributed by atoms with E-state index in [4.69, 9.17) is 27.7 Å². The third-order valence-corrected chi connectivity index (χ3v) is 3.63. The smallest absolute Gasteiger partial charge is 0.144 e. The Hall–Kier alpha value is -0.990. The van der Waals surface area contributed by atoms with Crippen LogP contribution in [0.25, 0.3) is 11.3 Å². The first-order chi connectivity index (χ1) is 8.31. The van der Waals surface area contributed by atoms with E-state index in [0.717, 1.165) is 22.6 Å². The van der Waals surface area contributed by atoms with Crippen molar-refractivity contribution in [1.82, 2.24) is 5.16 Å². The molecule has 0 unspecified atom stereocenters. The maximum Gasteiger partial charge on any atom is 0.144 e. The van der Waals surface area contributed by atoms with Crippen molar-refractivity contribution in [3.05, 3.63) is 40.6 Å². The Morgan fingerprint density at radius 1 is 1.29 bits per heavy atom. The van der Waals surface area contributed by atoms with Gasteiger partial charge in [-0.1, -0.05) is 35.0 Å². The molecule has 0 aliphatic heterocycles. The second kappa shape index (κ2) is 4.35. The minimum Gasteiger partial charge on any atom is -0.360 e. The molecule has 1 aliphatic rings. The van der Waals surface area contributed by atoms with Gasteiger partial charge in [-0.2, -0.15) is 0 Å². The summed E-state index contributed by atoms with van der Waals surface area (Å²) < 4.78 is 5.43. The molecule has 0 bridgehead atoms. The highest BCUT2D eigenvalue weighted by atomic mass is 35.5. The van der Waals surface area contributed by atoms with Gasteiger partial charge in [0.25, 0.3) is 0 Å². The fraction of sp³-hybridized carbons (Fsp3) is 0.308. The van der Waals surface area contributed by atoms with E-state index in [0.29, 0.717) is 16.8 Å². The van der Waals surface area contributed by atoms with Crippen molar-refractivity contribution < 1.29 is 4.52 Å². The van der Waals surface area contributed by atoms with E-state index >= 15 is 0 Å². The van der Waals surface area contributed by atoms with E-state index in [1.165, 1.54) is 12.8 Å². The molecule has 0 amide bonds. The van der Waals surface area contributed by atoms with Crippen molar-refractivity contribution >= 4 is 23.2 Å². The molecule has 1 fully saturated rings. The Morgan fingerprint density at radius 3 is 2.71 bits per heavy atom. The maximum atomic E-state index is 6.17. The highest BCUT2D eigenvalue weighted by Gasteiger charge is 2.32. The highest BCUT2D eigenvalue weighted by Crippen LogP contribution is 2.45. The van der Waals surface area contributed by atoms with Gasteiger partial charge in [0, 0.05) is 17.0 Å². The van der Waals surface area contributed by atoms with Gasteiger partial charge in [0.1, 0.15) is 11.5 Å². The number of aromatic nitrogens is 1. The molecule has 2 aromatic rings. The molecule has 88 valence electrons.